The summed E-state index contributed by atoms with van der Waals surface area (Å²) in [5.41, 5.74) is 0. The molecule has 1 heterocycles. The molecule has 0 spiro atoms. The Bertz CT molecular complexity index is 211. The standard InChI is InChI=1S/C14H24O2/c15-14(11-13-9-5-6-10-16-13)12-7-3-1-2-4-8-12/h12-13H,1-11H2. The maximum absolute atomic E-state index is 12.1. The number of hydrogen-bond acceptors (Lipinski definition) is 2. The van der Waals surface area contributed by atoms with Gasteiger partial charge in [0.2, 0.25) is 0 Å². The summed E-state index contributed by atoms with van der Waals surface area (Å²) >= 11 is 0. The molecule has 1 atom stereocenters. The van der Waals surface area contributed by atoms with Crippen LogP contribution >= 0.6 is 0 Å². The van der Waals surface area contributed by atoms with E-state index in [0.29, 0.717) is 18.1 Å². The topological polar surface area (TPSA) is 26.3 Å². The Morgan fingerprint density at radius 1 is 0.938 bits per heavy atom. The zero-order valence-electron chi connectivity index (χ0n) is 10.2. The summed E-state index contributed by atoms with van der Waals surface area (Å²) in [6.45, 7) is 0.864. The van der Waals surface area contributed by atoms with Gasteiger partial charge in [-0.25, -0.2) is 0 Å². The van der Waals surface area contributed by atoms with Crippen molar-refractivity contribution in [2.45, 2.75) is 70.3 Å². The molecule has 1 aliphatic carbocycles. The number of ketones is 1. The largest absolute Gasteiger partial charge is 0.378 e. The average Bonchev–Trinajstić information content (AvgIpc) is 2.59. The summed E-state index contributed by atoms with van der Waals surface area (Å²) in [6, 6.07) is 0. The van der Waals surface area contributed by atoms with E-state index in [1.165, 1.54) is 38.5 Å². The maximum atomic E-state index is 12.1. The fourth-order valence-electron chi connectivity index (χ4n) is 2.96. The third kappa shape index (κ3) is 3.58. The quantitative estimate of drug-likeness (QED) is 0.686. The minimum atomic E-state index is 0.240. The van der Waals surface area contributed by atoms with Crippen LogP contribution in [0, 0.1) is 5.92 Å². The van der Waals surface area contributed by atoms with Crippen LogP contribution in [0.4, 0.5) is 0 Å². The zero-order chi connectivity index (χ0) is 11.2. The molecule has 2 rings (SSSR count). The van der Waals surface area contributed by atoms with Gasteiger partial charge in [-0.2, -0.15) is 0 Å². The van der Waals surface area contributed by atoms with Crippen LogP contribution in [-0.2, 0) is 9.53 Å². The molecule has 0 radical (unpaired) electrons. The van der Waals surface area contributed by atoms with Crippen molar-refractivity contribution in [3.63, 3.8) is 0 Å². The molecule has 92 valence electrons. The first-order valence-electron chi connectivity index (χ1n) is 7.00. The SMILES string of the molecule is O=C(CC1CCCCO1)C1CCCCCC1. The van der Waals surface area contributed by atoms with Crippen molar-refractivity contribution in [1.82, 2.24) is 0 Å². The van der Waals surface area contributed by atoms with Crippen molar-refractivity contribution < 1.29 is 9.53 Å². The highest BCUT2D eigenvalue weighted by atomic mass is 16.5. The summed E-state index contributed by atoms with van der Waals surface area (Å²) in [7, 11) is 0. The van der Waals surface area contributed by atoms with Gasteiger partial charge in [0.1, 0.15) is 5.78 Å². The number of carbonyl (C=O) groups is 1. The Labute approximate surface area is 98.7 Å². The zero-order valence-corrected chi connectivity index (χ0v) is 10.2. The van der Waals surface area contributed by atoms with E-state index in [2.05, 4.69) is 0 Å². The van der Waals surface area contributed by atoms with Crippen molar-refractivity contribution >= 4 is 5.78 Å². The number of hydrogen-bond donors (Lipinski definition) is 0. The first-order chi connectivity index (χ1) is 7.86. The number of ether oxygens (including phenoxy) is 1. The van der Waals surface area contributed by atoms with Crippen LogP contribution in [0.15, 0.2) is 0 Å². The minimum absolute atomic E-state index is 0.240. The van der Waals surface area contributed by atoms with Crippen LogP contribution in [0.3, 0.4) is 0 Å². The molecule has 0 aromatic rings. The highest BCUT2D eigenvalue weighted by Crippen LogP contribution is 2.26. The van der Waals surface area contributed by atoms with Crippen LogP contribution in [0.5, 0.6) is 0 Å². The molecule has 1 aliphatic heterocycles. The van der Waals surface area contributed by atoms with E-state index in [1.54, 1.807) is 0 Å². The van der Waals surface area contributed by atoms with Gasteiger partial charge < -0.3 is 4.74 Å². The molecule has 2 fully saturated rings. The summed E-state index contributed by atoms with van der Waals surface area (Å²) in [5, 5.41) is 0. The van der Waals surface area contributed by atoms with E-state index >= 15 is 0 Å². The first kappa shape index (κ1) is 12.1. The highest BCUT2D eigenvalue weighted by Gasteiger charge is 2.24. The van der Waals surface area contributed by atoms with Gasteiger partial charge in [0.15, 0.2) is 0 Å². The van der Waals surface area contributed by atoms with Crippen molar-refractivity contribution in [2.24, 2.45) is 5.92 Å². The molecular formula is C14H24O2. The normalized spacial score (nSPS) is 28.6. The fraction of sp³-hybridized carbons (Fsp3) is 0.929. The number of carbonyl (C=O) groups excluding carboxylic acids is 1. The van der Waals surface area contributed by atoms with Gasteiger partial charge in [0.05, 0.1) is 6.10 Å². The molecule has 0 bridgehead atoms. The van der Waals surface area contributed by atoms with E-state index in [4.69, 9.17) is 4.74 Å². The molecule has 2 aliphatic rings. The van der Waals surface area contributed by atoms with Crippen LogP contribution in [0.25, 0.3) is 0 Å². The first-order valence-corrected chi connectivity index (χ1v) is 7.00. The molecule has 16 heavy (non-hydrogen) atoms. The molecule has 0 amide bonds. The van der Waals surface area contributed by atoms with Crippen LogP contribution in [-0.4, -0.2) is 18.5 Å². The Kier molecular flexibility index (Phi) is 4.83. The van der Waals surface area contributed by atoms with Gasteiger partial charge in [0.25, 0.3) is 0 Å². The minimum Gasteiger partial charge on any atom is -0.378 e. The van der Waals surface area contributed by atoms with E-state index in [1.807, 2.05) is 0 Å². The van der Waals surface area contributed by atoms with Gasteiger partial charge in [0, 0.05) is 18.9 Å². The summed E-state index contributed by atoms with van der Waals surface area (Å²) in [4.78, 5) is 12.1. The van der Waals surface area contributed by atoms with E-state index in [0.717, 1.165) is 25.9 Å². The lowest BCUT2D eigenvalue weighted by Crippen LogP contribution is -2.25. The van der Waals surface area contributed by atoms with E-state index in [9.17, 15) is 4.79 Å². The molecule has 0 aromatic carbocycles. The average molecular weight is 224 g/mol. The van der Waals surface area contributed by atoms with Crippen molar-refractivity contribution in [2.75, 3.05) is 6.61 Å². The third-order valence-electron chi connectivity index (χ3n) is 4.01. The van der Waals surface area contributed by atoms with Crippen molar-refractivity contribution in [1.29, 1.82) is 0 Å². The third-order valence-corrected chi connectivity index (χ3v) is 4.01. The molecular weight excluding hydrogens is 200 g/mol. The molecule has 2 nitrogen and oxygen atoms in total. The van der Waals surface area contributed by atoms with Crippen LogP contribution in [0.2, 0.25) is 0 Å². The van der Waals surface area contributed by atoms with Gasteiger partial charge in [-0.1, -0.05) is 25.7 Å². The number of Topliss-reactive ketones (excluding diaryl/α,β-unsaturated/α-hetero) is 1. The Morgan fingerprint density at radius 3 is 2.25 bits per heavy atom. The van der Waals surface area contributed by atoms with Crippen molar-refractivity contribution in [3.8, 4) is 0 Å². The van der Waals surface area contributed by atoms with Gasteiger partial charge in [-0.3, -0.25) is 4.79 Å². The van der Waals surface area contributed by atoms with E-state index < -0.39 is 0 Å². The van der Waals surface area contributed by atoms with Crippen LogP contribution < -0.4 is 0 Å². The van der Waals surface area contributed by atoms with Gasteiger partial charge >= 0.3 is 0 Å². The second-order valence-electron chi connectivity index (χ2n) is 5.35. The lowest BCUT2D eigenvalue weighted by atomic mass is 9.91. The second kappa shape index (κ2) is 6.39. The molecule has 0 N–H and O–H groups in total. The Balaban J connectivity index is 1.76. The molecule has 0 aromatic heterocycles. The lowest BCUT2D eigenvalue weighted by molar-refractivity contribution is -0.127. The fourth-order valence-corrected chi connectivity index (χ4v) is 2.96. The maximum Gasteiger partial charge on any atom is 0.138 e. The summed E-state index contributed by atoms with van der Waals surface area (Å²) in [5.74, 6) is 0.835. The second-order valence-corrected chi connectivity index (χ2v) is 5.35. The monoisotopic (exact) mass is 224 g/mol. The smallest absolute Gasteiger partial charge is 0.138 e. The van der Waals surface area contributed by atoms with Crippen molar-refractivity contribution in [3.05, 3.63) is 0 Å². The summed E-state index contributed by atoms with van der Waals surface area (Å²) in [6.07, 6.45) is 11.8. The molecule has 1 saturated carbocycles. The summed E-state index contributed by atoms with van der Waals surface area (Å²) < 4.78 is 5.65. The number of rotatable bonds is 3. The highest BCUT2D eigenvalue weighted by molar-refractivity contribution is 5.81. The Hall–Kier alpha value is -0.370. The van der Waals surface area contributed by atoms with Gasteiger partial charge in [-0.15, -0.1) is 0 Å². The Morgan fingerprint density at radius 2 is 1.62 bits per heavy atom. The van der Waals surface area contributed by atoms with Gasteiger partial charge in [-0.05, 0) is 32.1 Å². The van der Waals surface area contributed by atoms with E-state index in [-0.39, 0.29) is 6.10 Å². The molecule has 2 heteroatoms. The predicted octanol–water partition coefficient (Wildman–Crippen LogP) is 3.49. The van der Waals surface area contributed by atoms with Crippen LogP contribution in [0.1, 0.15) is 64.2 Å². The molecule has 1 saturated heterocycles. The lowest BCUT2D eigenvalue weighted by Gasteiger charge is -2.23. The predicted molar refractivity (Wildman–Crippen MR) is 64.4 cm³/mol. The molecule has 1 unspecified atom stereocenters.